The van der Waals surface area contributed by atoms with Gasteiger partial charge in [-0.2, -0.15) is 13.2 Å². The number of carbonyl (C=O) groups is 1. The Bertz CT molecular complexity index is 731. The van der Waals surface area contributed by atoms with Gasteiger partial charge in [0, 0.05) is 23.7 Å². The van der Waals surface area contributed by atoms with Gasteiger partial charge in [0.25, 0.3) is 0 Å². The van der Waals surface area contributed by atoms with Crippen molar-refractivity contribution in [2.24, 2.45) is 5.92 Å². The van der Waals surface area contributed by atoms with Crippen LogP contribution in [0.15, 0.2) is 59.5 Å². The minimum Gasteiger partial charge on any atom is -0.342 e. The number of benzene rings is 2. The van der Waals surface area contributed by atoms with E-state index in [9.17, 15) is 18.0 Å². The Kier molecular flexibility index (Phi) is 5.91. The molecule has 1 amide bonds. The van der Waals surface area contributed by atoms with Crippen molar-refractivity contribution in [3.8, 4) is 0 Å². The topological polar surface area (TPSA) is 20.3 Å². The number of carbonyl (C=O) groups excluding carboxylic acids is 1. The van der Waals surface area contributed by atoms with E-state index in [1.807, 2.05) is 23.1 Å². The van der Waals surface area contributed by atoms with E-state index in [0.717, 1.165) is 37.4 Å². The van der Waals surface area contributed by atoms with Gasteiger partial charge in [0.1, 0.15) is 0 Å². The fraction of sp³-hybridized carbons (Fsp3) is 0.350. The number of halogens is 3. The highest BCUT2D eigenvalue weighted by Gasteiger charge is 2.30. The van der Waals surface area contributed by atoms with Crippen molar-refractivity contribution in [2.75, 3.05) is 18.8 Å². The van der Waals surface area contributed by atoms with Gasteiger partial charge in [0.05, 0.1) is 12.0 Å². The molecule has 1 saturated heterocycles. The largest absolute Gasteiger partial charge is 0.416 e. The van der Waals surface area contributed by atoms with Crippen molar-refractivity contribution in [2.45, 2.75) is 23.9 Å². The van der Waals surface area contributed by atoms with Gasteiger partial charge in [0.2, 0.25) is 5.91 Å². The molecule has 1 aliphatic heterocycles. The molecule has 26 heavy (non-hydrogen) atoms. The third kappa shape index (κ3) is 5.04. The number of nitrogens with zero attached hydrogens (tertiary/aromatic N) is 1. The second-order valence-electron chi connectivity index (χ2n) is 6.49. The summed E-state index contributed by atoms with van der Waals surface area (Å²) >= 11 is 1.79. The Morgan fingerprint density at radius 1 is 1.08 bits per heavy atom. The Balaban J connectivity index is 1.48. The van der Waals surface area contributed by atoms with Crippen LogP contribution in [-0.4, -0.2) is 29.6 Å². The van der Waals surface area contributed by atoms with Crippen LogP contribution in [0.2, 0.25) is 0 Å². The summed E-state index contributed by atoms with van der Waals surface area (Å²) in [6, 6.07) is 15.0. The van der Waals surface area contributed by atoms with Crippen LogP contribution in [0, 0.1) is 5.92 Å². The first kappa shape index (κ1) is 18.8. The number of amides is 1. The van der Waals surface area contributed by atoms with Crippen LogP contribution in [0.25, 0.3) is 0 Å². The molecule has 0 N–H and O–H groups in total. The van der Waals surface area contributed by atoms with E-state index in [-0.39, 0.29) is 12.3 Å². The number of rotatable bonds is 5. The maximum absolute atomic E-state index is 12.6. The van der Waals surface area contributed by atoms with Crippen molar-refractivity contribution in [1.82, 2.24) is 4.90 Å². The quantitative estimate of drug-likeness (QED) is 0.690. The van der Waals surface area contributed by atoms with Crippen LogP contribution < -0.4 is 0 Å². The molecule has 1 heterocycles. The zero-order valence-electron chi connectivity index (χ0n) is 14.2. The zero-order valence-corrected chi connectivity index (χ0v) is 15.0. The van der Waals surface area contributed by atoms with Crippen LogP contribution in [0.5, 0.6) is 0 Å². The molecule has 0 saturated carbocycles. The number of hydrogen-bond donors (Lipinski definition) is 0. The van der Waals surface area contributed by atoms with Crippen molar-refractivity contribution in [3.05, 3.63) is 65.7 Å². The normalized spacial score (nSPS) is 17.5. The third-order valence-electron chi connectivity index (χ3n) is 4.50. The lowest BCUT2D eigenvalue weighted by Gasteiger charge is -2.17. The first-order valence-electron chi connectivity index (χ1n) is 8.53. The molecule has 1 atom stereocenters. The first-order valence-corrected chi connectivity index (χ1v) is 9.52. The minimum atomic E-state index is -4.35. The highest BCUT2D eigenvalue weighted by Crippen LogP contribution is 2.29. The second-order valence-corrected chi connectivity index (χ2v) is 7.58. The van der Waals surface area contributed by atoms with Gasteiger partial charge in [-0.1, -0.05) is 30.3 Å². The summed E-state index contributed by atoms with van der Waals surface area (Å²) in [5.74, 6) is 1.40. The van der Waals surface area contributed by atoms with Gasteiger partial charge in [-0.15, -0.1) is 11.8 Å². The number of likely N-dealkylation sites (tertiary alicyclic amines) is 1. The summed E-state index contributed by atoms with van der Waals surface area (Å²) in [5.41, 5.74) is -0.0713. The van der Waals surface area contributed by atoms with Gasteiger partial charge in [-0.3, -0.25) is 4.79 Å². The minimum absolute atomic E-state index is 0.0167. The van der Waals surface area contributed by atoms with Crippen molar-refractivity contribution in [1.29, 1.82) is 0 Å². The molecule has 138 valence electrons. The third-order valence-corrected chi connectivity index (χ3v) is 5.75. The molecular formula is C20H20F3NOS. The molecule has 0 bridgehead atoms. The monoisotopic (exact) mass is 379 g/mol. The zero-order chi connectivity index (χ0) is 18.6. The van der Waals surface area contributed by atoms with Gasteiger partial charge in [0.15, 0.2) is 0 Å². The fourth-order valence-corrected chi connectivity index (χ4v) is 4.07. The van der Waals surface area contributed by atoms with E-state index in [1.165, 1.54) is 17.0 Å². The van der Waals surface area contributed by atoms with E-state index < -0.39 is 11.7 Å². The number of alkyl halides is 3. The lowest BCUT2D eigenvalue weighted by atomic mass is 10.1. The van der Waals surface area contributed by atoms with Gasteiger partial charge >= 0.3 is 6.18 Å². The predicted molar refractivity (Wildman–Crippen MR) is 97.0 cm³/mol. The Morgan fingerprint density at radius 3 is 2.42 bits per heavy atom. The Morgan fingerprint density at radius 2 is 1.77 bits per heavy atom. The molecule has 2 aromatic carbocycles. The molecule has 2 nitrogen and oxygen atoms in total. The average Bonchev–Trinajstić information content (AvgIpc) is 3.10. The molecule has 3 rings (SSSR count). The smallest absolute Gasteiger partial charge is 0.342 e. The maximum Gasteiger partial charge on any atom is 0.416 e. The van der Waals surface area contributed by atoms with Crippen LogP contribution in [0.4, 0.5) is 13.2 Å². The van der Waals surface area contributed by atoms with Crippen LogP contribution in [0.1, 0.15) is 17.5 Å². The van der Waals surface area contributed by atoms with Crippen LogP contribution in [-0.2, 0) is 17.4 Å². The number of hydrogen-bond acceptors (Lipinski definition) is 2. The molecule has 2 aromatic rings. The molecule has 6 heteroatoms. The van der Waals surface area contributed by atoms with Gasteiger partial charge < -0.3 is 4.90 Å². The summed E-state index contributed by atoms with van der Waals surface area (Å²) in [5, 5.41) is 0. The summed E-state index contributed by atoms with van der Waals surface area (Å²) in [6.45, 7) is 1.44. The lowest BCUT2D eigenvalue weighted by molar-refractivity contribution is -0.137. The predicted octanol–water partition coefficient (Wildman–Crippen LogP) is 4.89. The number of thioether (sulfide) groups is 1. The summed E-state index contributed by atoms with van der Waals surface area (Å²) in [6.07, 6.45) is -3.23. The average molecular weight is 379 g/mol. The molecule has 0 radical (unpaired) electrons. The van der Waals surface area contributed by atoms with Crippen molar-refractivity contribution < 1.29 is 18.0 Å². The molecule has 1 aliphatic rings. The summed E-state index contributed by atoms with van der Waals surface area (Å²) in [4.78, 5) is 15.5. The molecule has 0 aliphatic carbocycles. The van der Waals surface area contributed by atoms with Crippen molar-refractivity contribution >= 4 is 17.7 Å². The molecule has 0 unspecified atom stereocenters. The van der Waals surface area contributed by atoms with Gasteiger partial charge in [-0.05, 0) is 42.2 Å². The molecule has 1 fully saturated rings. The highest BCUT2D eigenvalue weighted by molar-refractivity contribution is 7.99. The van der Waals surface area contributed by atoms with E-state index >= 15 is 0 Å². The summed E-state index contributed by atoms with van der Waals surface area (Å²) in [7, 11) is 0. The molecule has 0 aromatic heterocycles. The molecular weight excluding hydrogens is 359 g/mol. The standard InChI is InChI=1S/C20H20F3NOS/c21-20(22,23)17-8-6-15(7-9-17)12-19(25)24-11-10-16(13-24)14-26-18-4-2-1-3-5-18/h1-9,16H,10-14H2/t16-/m1/s1. The molecule has 0 spiro atoms. The Hall–Kier alpha value is -1.95. The lowest BCUT2D eigenvalue weighted by Crippen LogP contribution is -2.30. The van der Waals surface area contributed by atoms with Crippen LogP contribution in [0.3, 0.4) is 0 Å². The van der Waals surface area contributed by atoms with E-state index in [4.69, 9.17) is 0 Å². The second kappa shape index (κ2) is 8.16. The summed E-state index contributed by atoms with van der Waals surface area (Å²) < 4.78 is 37.8. The van der Waals surface area contributed by atoms with E-state index in [1.54, 1.807) is 11.8 Å². The fourth-order valence-electron chi connectivity index (χ4n) is 3.02. The van der Waals surface area contributed by atoms with Crippen molar-refractivity contribution in [3.63, 3.8) is 0 Å². The van der Waals surface area contributed by atoms with E-state index in [0.29, 0.717) is 11.5 Å². The Labute approximate surface area is 155 Å². The van der Waals surface area contributed by atoms with Gasteiger partial charge in [-0.25, -0.2) is 0 Å². The highest BCUT2D eigenvalue weighted by atomic mass is 32.2. The maximum atomic E-state index is 12.6. The SMILES string of the molecule is O=C(Cc1ccc(C(F)(F)F)cc1)N1CC[C@@H](CSc2ccccc2)C1. The van der Waals surface area contributed by atoms with E-state index in [2.05, 4.69) is 12.1 Å². The van der Waals surface area contributed by atoms with Crippen LogP contribution >= 0.6 is 11.8 Å². The first-order chi connectivity index (χ1) is 12.4.